The average molecular weight is 356 g/mol. The predicted octanol–water partition coefficient (Wildman–Crippen LogP) is 3.96. The van der Waals surface area contributed by atoms with Crippen LogP contribution in [0.5, 0.6) is 17.2 Å². The van der Waals surface area contributed by atoms with E-state index in [1.807, 2.05) is 32.0 Å². The van der Waals surface area contributed by atoms with Gasteiger partial charge in [-0.25, -0.2) is 4.79 Å². The van der Waals surface area contributed by atoms with Gasteiger partial charge < -0.3 is 18.9 Å². The van der Waals surface area contributed by atoms with Gasteiger partial charge in [0.1, 0.15) is 19.0 Å². The van der Waals surface area contributed by atoms with Crippen LogP contribution in [-0.4, -0.2) is 33.4 Å². The second-order valence-corrected chi connectivity index (χ2v) is 5.73. The highest BCUT2D eigenvalue weighted by Crippen LogP contribution is 2.28. The normalized spacial score (nSPS) is 10.6. The van der Waals surface area contributed by atoms with Gasteiger partial charge in [-0.15, -0.1) is 0 Å². The van der Waals surface area contributed by atoms with E-state index in [-0.39, 0.29) is 0 Å². The first kappa shape index (κ1) is 19.4. The number of carbonyl (C=O) groups excluding carboxylic acids is 1. The van der Waals surface area contributed by atoms with Gasteiger partial charge in [0.15, 0.2) is 11.5 Å². The van der Waals surface area contributed by atoms with E-state index >= 15 is 0 Å². The van der Waals surface area contributed by atoms with Crippen molar-refractivity contribution >= 4 is 12.0 Å². The number of carbonyl (C=O) groups is 1. The lowest BCUT2D eigenvalue weighted by atomic mass is 10.1. The summed E-state index contributed by atoms with van der Waals surface area (Å²) in [4.78, 5) is 11.2. The van der Waals surface area contributed by atoms with Gasteiger partial charge in [-0.1, -0.05) is 18.2 Å². The Morgan fingerprint density at radius 1 is 0.923 bits per heavy atom. The van der Waals surface area contributed by atoms with Crippen molar-refractivity contribution in [3.63, 3.8) is 0 Å². The van der Waals surface area contributed by atoms with Gasteiger partial charge in [0, 0.05) is 6.08 Å². The Bertz CT molecular complexity index is 780. The summed E-state index contributed by atoms with van der Waals surface area (Å²) in [6.45, 7) is 4.86. The standard InChI is InChI=1S/C21H24O5/c1-15-5-6-16(2)19(13-15)26-12-11-25-18-9-7-17(14-20(18)23-3)8-10-21(22)24-4/h5-10,13-14H,11-12H2,1-4H3/b10-8+. The number of hydrogen-bond acceptors (Lipinski definition) is 5. The zero-order valence-corrected chi connectivity index (χ0v) is 15.6. The summed E-state index contributed by atoms with van der Waals surface area (Å²) < 4.78 is 21.5. The van der Waals surface area contributed by atoms with Crippen molar-refractivity contribution in [2.75, 3.05) is 27.4 Å². The first-order valence-corrected chi connectivity index (χ1v) is 8.30. The Kier molecular flexibility index (Phi) is 7.09. The lowest BCUT2D eigenvalue weighted by Crippen LogP contribution is -2.10. The van der Waals surface area contributed by atoms with Crippen LogP contribution >= 0.6 is 0 Å². The molecule has 0 atom stereocenters. The van der Waals surface area contributed by atoms with Crippen LogP contribution in [0.3, 0.4) is 0 Å². The van der Waals surface area contributed by atoms with Crippen molar-refractivity contribution in [1.82, 2.24) is 0 Å². The first-order chi connectivity index (χ1) is 12.5. The maximum atomic E-state index is 11.2. The van der Waals surface area contributed by atoms with E-state index in [0.717, 1.165) is 22.4 Å². The Labute approximate surface area is 154 Å². The zero-order chi connectivity index (χ0) is 18.9. The lowest BCUT2D eigenvalue weighted by molar-refractivity contribution is -0.134. The minimum absolute atomic E-state index is 0.390. The van der Waals surface area contributed by atoms with E-state index in [2.05, 4.69) is 10.8 Å². The molecule has 138 valence electrons. The van der Waals surface area contributed by atoms with Crippen molar-refractivity contribution in [2.45, 2.75) is 13.8 Å². The van der Waals surface area contributed by atoms with E-state index in [1.54, 1.807) is 25.3 Å². The number of methoxy groups -OCH3 is 2. The molecule has 0 N–H and O–H groups in total. The van der Waals surface area contributed by atoms with Gasteiger partial charge in [-0.05, 0) is 54.8 Å². The van der Waals surface area contributed by atoms with Crippen LogP contribution in [0.15, 0.2) is 42.5 Å². The molecule has 0 radical (unpaired) electrons. The van der Waals surface area contributed by atoms with Crippen molar-refractivity contribution in [3.8, 4) is 17.2 Å². The van der Waals surface area contributed by atoms with E-state index in [0.29, 0.717) is 24.7 Å². The Morgan fingerprint density at radius 2 is 1.65 bits per heavy atom. The molecule has 26 heavy (non-hydrogen) atoms. The van der Waals surface area contributed by atoms with Crippen molar-refractivity contribution in [3.05, 3.63) is 59.2 Å². The highest BCUT2D eigenvalue weighted by atomic mass is 16.5. The van der Waals surface area contributed by atoms with Gasteiger partial charge in [-0.2, -0.15) is 0 Å². The molecule has 0 amide bonds. The molecule has 0 fully saturated rings. The van der Waals surface area contributed by atoms with E-state index in [9.17, 15) is 4.79 Å². The molecule has 2 aromatic carbocycles. The highest BCUT2D eigenvalue weighted by molar-refractivity contribution is 5.87. The molecule has 0 bridgehead atoms. The molecule has 0 saturated carbocycles. The second kappa shape index (κ2) is 9.51. The molecular weight excluding hydrogens is 332 g/mol. The largest absolute Gasteiger partial charge is 0.493 e. The van der Waals surface area contributed by atoms with Crippen LogP contribution in [0.2, 0.25) is 0 Å². The number of rotatable bonds is 8. The fraction of sp³-hybridized carbons (Fsp3) is 0.286. The number of aryl methyl sites for hydroxylation is 2. The third-order valence-corrected chi connectivity index (χ3v) is 3.74. The van der Waals surface area contributed by atoms with Crippen molar-refractivity contribution in [2.24, 2.45) is 0 Å². The quantitative estimate of drug-likeness (QED) is 0.407. The summed E-state index contributed by atoms with van der Waals surface area (Å²) >= 11 is 0. The lowest BCUT2D eigenvalue weighted by Gasteiger charge is -2.13. The van der Waals surface area contributed by atoms with E-state index in [1.165, 1.54) is 13.2 Å². The molecule has 5 nitrogen and oxygen atoms in total. The molecule has 2 aromatic rings. The molecule has 0 heterocycles. The van der Waals surface area contributed by atoms with Crippen LogP contribution in [0.4, 0.5) is 0 Å². The average Bonchev–Trinajstić information content (AvgIpc) is 2.66. The predicted molar refractivity (Wildman–Crippen MR) is 101 cm³/mol. The van der Waals surface area contributed by atoms with Crippen molar-refractivity contribution < 1.29 is 23.7 Å². The van der Waals surface area contributed by atoms with E-state index < -0.39 is 5.97 Å². The molecule has 5 heteroatoms. The monoisotopic (exact) mass is 356 g/mol. The topological polar surface area (TPSA) is 54.0 Å². The van der Waals surface area contributed by atoms with Gasteiger partial charge in [0.2, 0.25) is 0 Å². The van der Waals surface area contributed by atoms with Gasteiger partial charge in [-0.3, -0.25) is 0 Å². The summed E-state index contributed by atoms with van der Waals surface area (Å²) in [6, 6.07) is 11.5. The van der Waals surface area contributed by atoms with Crippen LogP contribution < -0.4 is 14.2 Å². The van der Waals surface area contributed by atoms with Crippen LogP contribution in [0, 0.1) is 13.8 Å². The zero-order valence-electron chi connectivity index (χ0n) is 15.6. The smallest absolute Gasteiger partial charge is 0.330 e. The summed E-state index contributed by atoms with van der Waals surface area (Å²) in [5, 5.41) is 0. The minimum Gasteiger partial charge on any atom is -0.493 e. The number of benzene rings is 2. The third kappa shape index (κ3) is 5.55. The maximum absolute atomic E-state index is 11.2. The van der Waals surface area contributed by atoms with Crippen LogP contribution in [0.1, 0.15) is 16.7 Å². The Balaban J connectivity index is 1.93. The molecular formula is C21H24O5. The summed E-state index contributed by atoms with van der Waals surface area (Å²) in [5.41, 5.74) is 3.06. The Morgan fingerprint density at radius 3 is 2.35 bits per heavy atom. The molecule has 0 aliphatic heterocycles. The molecule has 0 spiro atoms. The van der Waals surface area contributed by atoms with Gasteiger partial charge in [0.25, 0.3) is 0 Å². The summed E-state index contributed by atoms with van der Waals surface area (Å²) in [6.07, 6.45) is 3.01. The minimum atomic E-state index is -0.409. The maximum Gasteiger partial charge on any atom is 0.330 e. The molecule has 0 unspecified atom stereocenters. The fourth-order valence-electron chi connectivity index (χ4n) is 2.31. The molecule has 0 aromatic heterocycles. The second-order valence-electron chi connectivity index (χ2n) is 5.73. The third-order valence-electron chi connectivity index (χ3n) is 3.74. The number of ether oxygens (including phenoxy) is 4. The molecule has 2 rings (SSSR count). The molecule has 0 saturated heterocycles. The van der Waals surface area contributed by atoms with Crippen molar-refractivity contribution in [1.29, 1.82) is 0 Å². The van der Waals surface area contributed by atoms with Crippen LogP contribution in [-0.2, 0) is 9.53 Å². The summed E-state index contributed by atoms with van der Waals surface area (Å²) in [7, 11) is 2.91. The number of hydrogen-bond donors (Lipinski definition) is 0. The molecule has 0 aliphatic carbocycles. The van der Waals surface area contributed by atoms with Gasteiger partial charge >= 0.3 is 5.97 Å². The van der Waals surface area contributed by atoms with Gasteiger partial charge in [0.05, 0.1) is 14.2 Å². The first-order valence-electron chi connectivity index (χ1n) is 8.30. The molecule has 0 aliphatic rings. The highest BCUT2D eigenvalue weighted by Gasteiger charge is 2.06. The number of esters is 1. The van der Waals surface area contributed by atoms with Crippen LogP contribution in [0.25, 0.3) is 6.08 Å². The SMILES string of the molecule is COC(=O)/C=C/c1ccc(OCCOc2cc(C)ccc2C)c(OC)c1. The fourth-order valence-corrected chi connectivity index (χ4v) is 2.31. The van der Waals surface area contributed by atoms with E-state index in [4.69, 9.17) is 14.2 Å². The Hall–Kier alpha value is -2.95. The summed E-state index contributed by atoms with van der Waals surface area (Å²) in [5.74, 6) is 1.66.